The van der Waals surface area contributed by atoms with E-state index in [1.807, 2.05) is 36.4 Å². The smallest absolute Gasteiger partial charge is 0.226 e. The topological polar surface area (TPSA) is 62.2 Å². The van der Waals surface area contributed by atoms with Gasteiger partial charge in [-0.1, -0.05) is 23.7 Å². The fourth-order valence-electron chi connectivity index (χ4n) is 5.24. The van der Waals surface area contributed by atoms with Crippen molar-refractivity contribution in [3.63, 3.8) is 0 Å². The SMILES string of the molecule is Cc1ccc(Cl)cc1-n1c(C)cc([C@@H]2[C@@H](c3ccccn3)NC(=S)N2CCC(=O)Nc2ccc(F)cc2)c1C. The largest absolute Gasteiger partial charge is 0.352 e. The summed E-state index contributed by atoms with van der Waals surface area (Å²) in [7, 11) is 0. The van der Waals surface area contributed by atoms with Crippen LogP contribution in [-0.4, -0.2) is 32.0 Å². The number of carbonyl (C=O) groups excluding carboxylic acids is 1. The van der Waals surface area contributed by atoms with Crippen molar-refractivity contribution in [1.29, 1.82) is 0 Å². The molecule has 0 bridgehead atoms. The Kier molecular flexibility index (Phi) is 7.68. The first-order chi connectivity index (χ1) is 18.7. The third-order valence-corrected chi connectivity index (χ3v) is 7.69. The zero-order valence-corrected chi connectivity index (χ0v) is 23.5. The molecule has 1 saturated heterocycles. The summed E-state index contributed by atoms with van der Waals surface area (Å²) < 4.78 is 15.5. The van der Waals surface area contributed by atoms with Crippen LogP contribution in [0.1, 0.15) is 46.7 Å². The van der Waals surface area contributed by atoms with Gasteiger partial charge in [0.05, 0.1) is 17.8 Å². The molecule has 1 amide bonds. The van der Waals surface area contributed by atoms with Gasteiger partial charge >= 0.3 is 0 Å². The predicted molar refractivity (Wildman–Crippen MR) is 157 cm³/mol. The average molecular weight is 562 g/mol. The number of pyridine rings is 1. The number of halogens is 2. The number of thiocarbonyl (C=S) groups is 1. The Morgan fingerprint density at radius 1 is 1.10 bits per heavy atom. The molecule has 0 saturated carbocycles. The fraction of sp³-hybridized carbons (Fsp3) is 0.233. The first kappa shape index (κ1) is 26.8. The number of amides is 1. The van der Waals surface area contributed by atoms with Crippen molar-refractivity contribution in [2.75, 3.05) is 11.9 Å². The second-order valence-corrected chi connectivity index (χ2v) is 10.5. The van der Waals surface area contributed by atoms with Crippen molar-refractivity contribution < 1.29 is 9.18 Å². The quantitative estimate of drug-likeness (QED) is 0.249. The van der Waals surface area contributed by atoms with Gasteiger partial charge in [0, 0.05) is 46.9 Å². The Labute approximate surface area is 237 Å². The Bertz CT molecular complexity index is 1520. The fourth-order valence-corrected chi connectivity index (χ4v) is 5.74. The average Bonchev–Trinajstić information content (AvgIpc) is 3.40. The number of anilines is 1. The number of nitrogens with one attached hydrogen (secondary N) is 2. The van der Waals surface area contributed by atoms with Gasteiger partial charge in [-0.05, 0) is 98.7 Å². The van der Waals surface area contributed by atoms with E-state index in [0.717, 1.165) is 33.9 Å². The lowest BCUT2D eigenvalue weighted by molar-refractivity contribution is -0.116. The van der Waals surface area contributed by atoms with Gasteiger partial charge in [0.15, 0.2) is 5.11 Å². The van der Waals surface area contributed by atoms with Crippen LogP contribution in [0.25, 0.3) is 5.69 Å². The molecule has 2 atom stereocenters. The summed E-state index contributed by atoms with van der Waals surface area (Å²) in [6, 6.07) is 19.2. The molecule has 2 aromatic heterocycles. The van der Waals surface area contributed by atoms with E-state index in [0.29, 0.717) is 22.4 Å². The van der Waals surface area contributed by atoms with E-state index in [2.05, 4.69) is 51.9 Å². The van der Waals surface area contributed by atoms with Gasteiger partial charge in [0.1, 0.15) is 5.82 Å². The van der Waals surface area contributed by atoms with Crippen molar-refractivity contribution in [3.05, 3.63) is 112 Å². The van der Waals surface area contributed by atoms with Crippen LogP contribution in [0.4, 0.5) is 10.1 Å². The highest BCUT2D eigenvalue weighted by molar-refractivity contribution is 7.80. The van der Waals surface area contributed by atoms with Crippen LogP contribution in [-0.2, 0) is 4.79 Å². The van der Waals surface area contributed by atoms with E-state index in [1.54, 1.807) is 18.3 Å². The van der Waals surface area contributed by atoms with Gasteiger partial charge in [-0.2, -0.15) is 0 Å². The standard InChI is InChI=1S/C30H29ClFN5OS/c1-18-7-8-21(31)17-26(18)37-19(2)16-24(20(37)3)29-28(25-6-4-5-14-33-25)35-30(39)36(29)15-13-27(38)34-23-11-9-22(32)10-12-23/h4-12,14,16-17,28-29H,13,15H2,1-3H3,(H,34,38)(H,35,39)/t28-,29-/m1/s1. The maximum absolute atomic E-state index is 13.3. The van der Waals surface area contributed by atoms with Crippen LogP contribution < -0.4 is 10.6 Å². The highest BCUT2D eigenvalue weighted by Gasteiger charge is 2.41. The van der Waals surface area contributed by atoms with Crippen LogP contribution in [0, 0.1) is 26.6 Å². The molecule has 1 fully saturated rings. The van der Waals surface area contributed by atoms with Crippen LogP contribution in [0.5, 0.6) is 0 Å². The van der Waals surface area contributed by atoms with Crippen molar-refractivity contribution in [2.24, 2.45) is 0 Å². The maximum atomic E-state index is 13.3. The summed E-state index contributed by atoms with van der Waals surface area (Å²) in [5.74, 6) is -0.528. The lowest BCUT2D eigenvalue weighted by atomic mass is 9.96. The third kappa shape index (κ3) is 5.53. The zero-order valence-electron chi connectivity index (χ0n) is 21.9. The summed E-state index contributed by atoms with van der Waals surface area (Å²) in [6.07, 6.45) is 1.98. The molecule has 39 heavy (non-hydrogen) atoms. The number of hydrogen-bond acceptors (Lipinski definition) is 3. The molecule has 0 aliphatic carbocycles. The number of aromatic nitrogens is 2. The lowest BCUT2D eigenvalue weighted by Crippen LogP contribution is -2.32. The Balaban J connectivity index is 1.48. The van der Waals surface area contributed by atoms with Crippen LogP contribution in [0.2, 0.25) is 5.02 Å². The highest BCUT2D eigenvalue weighted by atomic mass is 35.5. The molecule has 6 nitrogen and oxygen atoms in total. The number of nitrogens with zero attached hydrogens (tertiary/aromatic N) is 3. The lowest BCUT2D eigenvalue weighted by Gasteiger charge is -2.28. The van der Waals surface area contributed by atoms with E-state index in [-0.39, 0.29) is 30.2 Å². The minimum absolute atomic E-state index is 0.176. The monoisotopic (exact) mass is 561 g/mol. The molecule has 1 aliphatic rings. The molecule has 5 rings (SSSR count). The molecule has 9 heteroatoms. The van der Waals surface area contributed by atoms with Crippen molar-refractivity contribution in [3.8, 4) is 5.69 Å². The molecular weight excluding hydrogens is 533 g/mol. The van der Waals surface area contributed by atoms with E-state index >= 15 is 0 Å². The summed E-state index contributed by atoms with van der Waals surface area (Å²) in [5, 5.41) is 7.53. The summed E-state index contributed by atoms with van der Waals surface area (Å²) in [6.45, 7) is 6.64. The molecule has 0 unspecified atom stereocenters. The second kappa shape index (κ2) is 11.2. The number of benzene rings is 2. The maximum Gasteiger partial charge on any atom is 0.226 e. The Hall–Kier alpha value is -3.75. The van der Waals surface area contributed by atoms with E-state index in [4.69, 9.17) is 23.8 Å². The Morgan fingerprint density at radius 3 is 2.59 bits per heavy atom. The minimum Gasteiger partial charge on any atom is -0.352 e. The minimum atomic E-state index is -0.351. The number of hydrogen-bond donors (Lipinski definition) is 2. The van der Waals surface area contributed by atoms with Gasteiger partial charge in [0.2, 0.25) is 5.91 Å². The molecular formula is C30H29ClFN5OS. The summed E-state index contributed by atoms with van der Waals surface area (Å²) in [4.78, 5) is 19.5. The molecule has 0 spiro atoms. The molecule has 1 aliphatic heterocycles. The zero-order chi connectivity index (χ0) is 27.7. The van der Waals surface area contributed by atoms with Crippen LogP contribution in [0.3, 0.4) is 0 Å². The third-order valence-electron chi connectivity index (χ3n) is 7.11. The normalized spacial score (nSPS) is 16.8. The molecule has 0 radical (unpaired) electrons. The predicted octanol–water partition coefficient (Wildman–Crippen LogP) is 6.59. The number of carbonyl (C=O) groups is 1. The van der Waals surface area contributed by atoms with Gasteiger partial charge in [0.25, 0.3) is 0 Å². The van der Waals surface area contributed by atoms with E-state index < -0.39 is 0 Å². The number of rotatable bonds is 7. The summed E-state index contributed by atoms with van der Waals surface area (Å²) in [5.41, 5.74) is 6.78. The van der Waals surface area contributed by atoms with Crippen molar-refractivity contribution in [1.82, 2.24) is 19.8 Å². The molecule has 2 N–H and O–H groups in total. The molecule has 2 aromatic carbocycles. The van der Waals surface area contributed by atoms with Gasteiger partial charge in [-0.3, -0.25) is 9.78 Å². The second-order valence-electron chi connectivity index (χ2n) is 9.72. The highest BCUT2D eigenvalue weighted by Crippen LogP contribution is 2.41. The van der Waals surface area contributed by atoms with Crippen LogP contribution >= 0.6 is 23.8 Å². The summed E-state index contributed by atoms with van der Waals surface area (Å²) >= 11 is 12.2. The van der Waals surface area contributed by atoms with Gasteiger partial charge in [-0.15, -0.1) is 0 Å². The Morgan fingerprint density at radius 2 is 1.87 bits per heavy atom. The first-order valence-electron chi connectivity index (χ1n) is 12.7. The number of aryl methyl sites for hydroxylation is 2. The first-order valence-corrected chi connectivity index (χ1v) is 13.5. The molecule has 3 heterocycles. The van der Waals surface area contributed by atoms with Crippen molar-refractivity contribution >= 4 is 40.5 Å². The van der Waals surface area contributed by atoms with E-state index in [1.165, 1.54) is 12.1 Å². The van der Waals surface area contributed by atoms with Gasteiger partial charge in [-0.25, -0.2) is 4.39 Å². The molecule has 4 aromatic rings. The van der Waals surface area contributed by atoms with Crippen molar-refractivity contribution in [2.45, 2.75) is 39.3 Å². The molecule has 200 valence electrons. The van der Waals surface area contributed by atoms with Crippen LogP contribution in [0.15, 0.2) is 72.9 Å². The van der Waals surface area contributed by atoms with Gasteiger partial charge < -0.3 is 20.1 Å². The van der Waals surface area contributed by atoms with E-state index in [9.17, 15) is 9.18 Å².